The topological polar surface area (TPSA) is 50.8 Å². The van der Waals surface area contributed by atoms with E-state index in [4.69, 9.17) is 9.47 Å². The Bertz CT molecular complexity index is 441. The molecule has 2 rings (SSSR count). The lowest BCUT2D eigenvalue weighted by Crippen LogP contribution is -2.32. The zero-order valence-corrected chi connectivity index (χ0v) is 12.8. The van der Waals surface area contributed by atoms with Crippen LogP contribution in [0.15, 0.2) is 24.3 Å². The predicted octanol–water partition coefficient (Wildman–Crippen LogP) is 1.54. The molecule has 1 aromatic rings. The van der Waals surface area contributed by atoms with E-state index in [-0.39, 0.29) is 12.0 Å². The summed E-state index contributed by atoms with van der Waals surface area (Å²) in [7, 11) is 3.68. The third-order valence-electron chi connectivity index (χ3n) is 3.61. The van der Waals surface area contributed by atoms with E-state index in [9.17, 15) is 4.79 Å². The van der Waals surface area contributed by atoms with Crippen LogP contribution in [0.4, 0.5) is 0 Å². The van der Waals surface area contributed by atoms with Gasteiger partial charge in [0.15, 0.2) is 0 Å². The van der Waals surface area contributed by atoms with E-state index < -0.39 is 0 Å². The lowest BCUT2D eigenvalue weighted by atomic mass is 10.2. The Kier molecular flexibility index (Phi) is 6.02. The van der Waals surface area contributed by atoms with Gasteiger partial charge in [-0.25, -0.2) is 0 Å². The first-order valence-electron chi connectivity index (χ1n) is 7.45. The van der Waals surface area contributed by atoms with Crippen molar-refractivity contribution in [2.75, 3.05) is 40.4 Å². The van der Waals surface area contributed by atoms with Gasteiger partial charge in [-0.05, 0) is 44.2 Å². The van der Waals surface area contributed by atoms with Crippen LogP contribution in [0.3, 0.4) is 0 Å². The number of amides is 1. The van der Waals surface area contributed by atoms with Crippen molar-refractivity contribution in [2.24, 2.45) is 0 Å². The summed E-state index contributed by atoms with van der Waals surface area (Å²) in [5.41, 5.74) is 0.679. The second-order valence-corrected chi connectivity index (χ2v) is 5.30. The maximum atomic E-state index is 12.2. The van der Waals surface area contributed by atoms with Crippen LogP contribution in [-0.2, 0) is 4.74 Å². The molecule has 1 atom stereocenters. The van der Waals surface area contributed by atoms with Crippen LogP contribution in [0.25, 0.3) is 0 Å². The average Bonchev–Trinajstić information content (AvgIpc) is 3.04. The van der Waals surface area contributed by atoms with E-state index in [2.05, 4.69) is 5.32 Å². The quantitative estimate of drug-likeness (QED) is 0.828. The minimum atomic E-state index is 0.0240. The van der Waals surface area contributed by atoms with Crippen molar-refractivity contribution in [3.63, 3.8) is 0 Å². The van der Waals surface area contributed by atoms with Gasteiger partial charge in [0, 0.05) is 32.3 Å². The summed E-state index contributed by atoms with van der Waals surface area (Å²) in [6.07, 6.45) is 2.38. The molecule has 1 aromatic carbocycles. The number of carbonyl (C=O) groups is 1. The Morgan fingerprint density at radius 2 is 2.19 bits per heavy atom. The van der Waals surface area contributed by atoms with Crippen molar-refractivity contribution in [3.05, 3.63) is 29.8 Å². The van der Waals surface area contributed by atoms with Crippen LogP contribution in [0.2, 0.25) is 0 Å². The summed E-state index contributed by atoms with van der Waals surface area (Å²) in [6.45, 7) is 2.88. The van der Waals surface area contributed by atoms with Crippen LogP contribution < -0.4 is 10.1 Å². The number of nitrogens with one attached hydrogen (secondary N) is 1. The molecule has 0 saturated carbocycles. The predicted molar refractivity (Wildman–Crippen MR) is 81.8 cm³/mol. The van der Waals surface area contributed by atoms with Gasteiger partial charge in [-0.2, -0.15) is 0 Å². The molecule has 1 fully saturated rings. The first-order valence-corrected chi connectivity index (χ1v) is 7.45. The number of rotatable bonds is 7. The molecule has 0 bridgehead atoms. The lowest BCUT2D eigenvalue weighted by Gasteiger charge is -2.17. The van der Waals surface area contributed by atoms with Crippen molar-refractivity contribution in [2.45, 2.75) is 18.9 Å². The molecule has 1 unspecified atom stereocenters. The SMILES string of the molecule is CNCCN(C)C(=O)c1ccc(OCC2CCCO2)cc1. The molecule has 116 valence electrons. The smallest absolute Gasteiger partial charge is 0.253 e. The number of carbonyl (C=O) groups excluding carboxylic acids is 1. The zero-order chi connectivity index (χ0) is 15.1. The molecule has 1 heterocycles. The minimum Gasteiger partial charge on any atom is -0.491 e. The van der Waals surface area contributed by atoms with Crippen LogP contribution >= 0.6 is 0 Å². The number of benzene rings is 1. The van der Waals surface area contributed by atoms with Crippen molar-refractivity contribution < 1.29 is 14.3 Å². The van der Waals surface area contributed by atoms with Crippen molar-refractivity contribution in [1.29, 1.82) is 0 Å². The first-order chi connectivity index (χ1) is 10.2. The van der Waals surface area contributed by atoms with Gasteiger partial charge in [0.05, 0.1) is 6.10 Å². The van der Waals surface area contributed by atoms with Gasteiger partial charge >= 0.3 is 0 Å². The molecule has 0 radical (unpaired) electrons. The van der Waals surface area contributed by atoms with E-state index in [0.29, 0.717) is 18.7 Å². The van der Waals surface area contributed by atoms with Gasteiger partial charge in [-0.1, -0.05) is 0 Å². The number of hydrogen-bond acceptors (Lipinski definition) is 4. The second kappa shape index (κ2) is 8.00. The highest BCUT2D eigenvalue weighted by atomic mass is 16.5. The summed E-state index contributed by atoms with van der Waals surface area (Å²) in [5.74, 6) is 0.802. The third kappa shape index (κ3) is 4.72. The molecular weight excluding hydrogens is 268 g/mol. The number of nitrogens with zero attached hydrogens (tertiary/aromatic N) is 1. The van der Waals surface area contributed by atoms with Gasteiger partial charge in [-0.3, -0.25) is 4.79 Å². The number of likely N-dealkylation sites (N-methyl/N-ethyl adjacent to an activating group) is 2. The molecule has 0 aromatic heterocycles. The number of ether oxygens (including phenoxy) is 2. The third-order valence-corrected chi connectivity index (χ3v) is 3.61. The standard InChI is InChI=1S/C16H24N2O3/c1-17-9-10-18(2)16(19)13-5-7-14(8-6-13)21-12-15-4-3-11-20-15/h5-8,15,17H,3-4,9-12H2,1-2H3. The maximum Gasteiger partial charge on any atom is 0.253 e. The van der Waals surface area contributed by atoms with Gasteiger partial charge in [0.25, 0.3) is 5.91 Å². The monoisotopic (exact) mass is 292 g/mol. The molecule has 21 heavy (non-hydrogen) atoms. The Morgan fingerprint density at radius 3 is 2.81 bits per heavy atom. The normalized spacial score (nSPS) is 17.7. The fourth-order valence-corrected chi connectivity index (χ4v) is 2.26. The van der Waals surface area contributed by atoms with Crippen molar-refractivity contribution in [3.8, 4) is 5.75 Å². The van der Waals surface area contributed by atoms with Crippen molar-refractivity contribution >= 4 is 5.91 Å². The van der Waals surface area contributed by atoms with Crippen LogP contribution in [-0.4, -0.2) is 57.3 Å². The summed E-state index contributed by atoms with van der Waals surface area (Å²) in [6, 6.07) is 7.30. The van der Waals surface area contributed by atoms with E-state index in [0.717, 1.165) is 31.7 Å². The summed E-state index contributed by atoms with van der Waals surface area (Å²) in [5, 5.41) is 3.03. The van der Waals surface area contributed by atoms with E-state index in [1.807, 2.05) is 38.4 Å². The molecule has 0 aliphatic carbocycles. The Hall–Kier alpha value is -1.59. The Balaban J connectivity index is 1.84. The van der Waals surface area contributed by atoms with Crippen molar-refractivity contribution in [1.82, 2.24) is 10.2 Å². The van der Waals surface area contributed by atoms with Crippen LogP contribution in [0.1, 0.15) is 23.2 Å². The summed E-state index contributed by atoms with van der Waals surface area (Å²) >= 11 is 0. The molecule has 1 amide bonds. The first kappa shape index (κ1) is 15.8. The highest BCUT2D eigenvalue weighted by Gasteiger charge is 2.16. The van der Waals surface area contributed by atoms with Gasteiger partial charge in [0.2, 0.25) is 0 Å². The fourth-order valence-electron chi connectivity index (χ4n) is 2.26. The highest BCUT2D eigenvalue weighted by Crippen LogP contribution is 2.17. The van der Waals surface area contributed by atoms with Gasteiger partial charge in [-0.15, -0.1) is 0 Å². The maximum absolute atomic E-state index is 12.2. The molecule has 1 aliphatic heterocycles. The lowest BCUT2D eigenvalue weighted by molar-refractivity contribution is 0.0679. The Labute approximate surface area is 126 Å². The van der Waals surface area contributed by atoms with Gasteiger partial charge < -0.3 is 19.7 Å². The Morgan fingerprint density at radius 1 is 1.43 bits per heavy atom. The van der Waals surface area contributed by atoms with E-state index >= 15 is 0 Å². The number of hydrogen-bond donors (Lipinski definition) is 1. The second-order valence-electron chi connectivity index (χ2n) is 5.30. The van der Waals surface area contributed by atoms with Gasteiger partial charge in [0.1, 0.15) is 12.4 Å². The van der Waals surface area contributed by atoms with Crippen LogP contribution in [0.5, 0.6) is 5.75 Å². The van der Waals surface area contributed by atoms with E-state index in [1.54, 1.807) is 4.90 Å². The molecule has 0 spiro atoms. The average molecular weight is 292 g/mol. The molecule has 1 aliphatic rings. The minimum absolute atomic E-state index is 0.0240. The summed E-state index contributed by atoms with van der Waals surface area (Å²) in [4.78, 5) is 13.9. The van der Waals surface area contributed by atoms with E-state index in [1.165, 1.54) is 0 Å². The molecule has 5 heteroatoms. The molecule has 1 saturated heterocycles. The summed E-state index contributed by atoms with van der Waals surface area (Å²) < 4.78 is 11.2. The fraction of sp³-hybridized carbons (Fsp3) is 0.562. The molecular formula is C16H24N2O3. The van der Waals surface area contributed by atoms with Crippen LogP contribution in [0, 0.1) is 0 Å². The largest absolute Gasteiger partial charge is 0.491 e. The zero-order valence-electron chi connectivity index (χ0n) is 12.8. The molecule has 5 nitrogen and oxygen atoms in total. The highest BCUT2D eigenvalue weighted by molar-refractivity contribution is 5.94. The molecule has 1 N–H and O–H groups in total.